The highest BCUT2D eigenvalue weighted by molar-refractivity contribution is 7.11. The van der Waals surface area contributed by atoms with Crippen LogP contribution in [-0.2, 0) is 13.0 Å². The second-order valence-electron chi connectivity index (χ2n) is 3.93. The van der Waals surface area contributed by atoms with Crippen LogP contribution in [0.15, 0.2) is 17.1 Å². The molecule has 0 aliphatic carbocycles. The lowest BCUT2D eigenvalue weighted by atomic mass is 10.3. The van der Waals surface area contributed by atoms with Crippen molar-refractivity contribution < 1.29 is 0 Å². The topological polar surface area (TPSA) is 36.4 Å². The van der Waals surface area contributed by atoms with E-state index in [0.717, 1.165) is 25.5 Å². The van der Waals surface area contributed by atoms with E-state index in [9.17, 15) is 0 Å². The van der Waals surface area contributed by atoms with Gasteiger partial charge in [0.25, 0.3) is 0 Å². The van der Waals surface area contributed by atoms with Crippen LogP contribution in [0.4, 0.5) is 0 Å². The summed E-state index contributed by atoms with van der Waals surface area (Å²) in [5.74, 6) is 0.893. The molecule has 2 N–H and O–H groups in total. The van der Waals surface area contributed by atoms with Crippen molar-refractivity contribution in [1.29, 1.82) is 0 Å². The Balaban J connectivity index is 2.32. The predicted octanol–water partition coefficient (Wildman–Crippen LogP) is 2.78. The number of thiophene rings is 1. The van der Waals surface area contributed by atoms with Crippen molar-refractivity contribution in [2.45, 2.75) is 39.7 Å². The summed E-state index contributed by atoms with van der Waals surface area (Å²) in [6, 6.07) is 4.39. The van der Waals surface area contributed by atoms with Crippen LogP contribution in [0.5, 0.6) is 0 Å². The zero-order valence-corrected chi connectivity index (χ0v) is 11.9. The van der Waals surface area contributed by atoms with E-state index in [1.807, 2.05) is 18.4 Å². The molecule has 0 atom stereocenters. The van der Waals surface area contributed by atoms with Gasteiger partial charge in [-0.1, -0.05) is 20.3 Å². The van der Waals surface area contributed by atoms with E-state index < -0.39 is 0 Å². The average Bonchev–Trinajstić information content (AvgIpc) is 2.81. The number of hydrogen-bond acceptors (Lipinski definition) is 2. The van der Waals surface area contributed by atoms with Crippen LogP contribution in [0.2, 0.25) is 0 Å². The predicted molar refractivity (Wildman–Crippen MR) is 76.8 cm³/mol. The Morgan fingerprint density at radius 3 is 2.59 bits per heavy atom. The van der Waals surface area contributed by atoms with Crippen molar-refractivity contribution in [2.75, 3.05) is 13.6 Å². The largest absolute Gasteiger partial charge is 0.356 e. The van der Waals surface area contributed by atoms with E-state index in [1.165, 1.54) is 22.6 Å². The molecule has 1 aromatic rings. The summed E-state index contributed by atoms with van der Waals surface area (Å²) in [7, 11) is 1.81. The molecule has 0 radical (unpaired) electrons. The van der Waals surface area contributed by atoms with Crippen LogP contribution in [0.3, 0.4) is 0 Å². The van der Waals surface area contributed by atoms with Crippen molar-refractivity contribution in [2.24, 2.45) is 4.99 Å². The lowest BCUT2D eigenvalue weighted by Gasteiger charge is -2.10. The molecule has 0 aromatic carbocycles. The molecule has 0 saturated carbocycles. The van der Waals surface area contributed by atoms with Gasteiger partial charge in [-0.15, -0.1) is 11.3 Å². The number of guanidine groups is 1. The van der Waals surface area contributed by atoms with Crippen LogP contribution in [0, 0.1) is 0 Å². The van der Waals surface area contributed by atoms with Gasteiger partial charge in [-0.2, -0.15) is 0 Å². The summed E-state index contributed by atoms with van der Waals surface area (Å²) in [4.78, 5) is 7.00. The maximum Gasteiger partial charge on any atom is 0.191 e. The highest BCUT2D eigenvalue weighted by atomic mass is 32.1. The van der Waals surface area contributed by atoms with Crippen molar-refractivity contribution in [3.63, 3.8) is 0 Å². The van der Waals surface area contributed by atoms with Gasteiger partial charge < -0.3 is 10.6 Å². The Hall–Kier alpha value is -1.03. The van der Waals surface area contributed by atoms with Crippen molar-refractivity contribution in [3.8, 4) is 0 Å². The Bertz CT molecular complexity index is 344. The number of nitrogens with one attached hydrogen (secondary N) is 2. The first-order valence-electron chi connectivity index (χ1n) is 6.32. The van der Waals surface area contributed by atoms with Gasteiger partial charge in [-0.3, -0.25) is 4.99 Å². The minimum absolute atomic E-state index is 0.858. The number of aryl methyl sites for hydroxylation is 1. The minimum Gasteiger partial charge on any atom is -0.356 e. The van der Waals surface area contributed by atoms with Crippen molar-refractivity contribution in [1.82, 2.24) is 10.6 Å². The molecule has 1 aromatic heterocycles. The van der Waals surface area contributed by atoms with E-state index in [2.05, 4.69) is 41.6 Å². The fraction of sp³-hybridized carbons (Fsp3) is 0.615. The van der Waals surface area contributed by atoms with Gasteiger partial charge in [-0.25, -0.2) is 0 Å². The standard InChI is InChI=1S/C13H23N3S/c1-4-6-9-15-13(14-3)16-10-12-8-7-11(5-2)17-12/h7-8H,4-6,9-10H2,1-3H3,(H2,14,15,16). The molecule has 96 valence electrons. The molecule has 0 saturated heterocycles. The third kappa shape index (κ3) is 5.22. The highest BCUT2D eigenvalue weighted by Crippen LogP contribution is 2.16. The molecule has 0 amide bonds. The van der Waals surface area contributed by atoms with Gasteiger partial charge in [0.1, 0.15) is 0 Å². The second-order valence-corrected chi connectivity index (χ2v) is 5.18. The molecule has 0 unspecified atom stereocenters. The highest BCUT2D eigenvalue weighted by Gasteiger charge is 2.00. The normalized spacial score (nSPS) is 11.6. The van der Waals surface area contributed by atoms with Gasteiger partial charge in [0.05, 0.1) is 6.54 Å². The van der Waals surface area contributed by atoms with E-state index in [4.69, 9.17) is 0 Å². The number of nitrogens with zero attached hydrogens (tertiary/aromatic N) is 1. The third-order valence-electron chi connectivity index (χ3n) is 2.54. The number of rotatable bonds is 6. The van der Waals surface area contributed by atoms with Crippen LogP contribution >= 0.6 is 11.3 Å². The molecule has 0 aliphatic rings. The van der Waals surface area contributed by atoms with E-state index in [-0.39, 0.29) is 0 Å². The molecule has 1 heterocycles. The molecular formula is C13H23N3S. The first kappa shape index (κ1) is 14.0. The van der Waals surface area contributed by atoms with E-state index in [1.54, 1.807) is 0 Å². The Kier molecular flexibility index (Phi) is 6.70. The Morgan fingerprint density at radius 2 is 2.00 bits per heavy atom. The molecule has 4 heteroatoms. The summed E-state index contributed by atoms with van der Waals surface area (Å²) in [5, 5.41) is 6.64. The summed E-state index contributed by atoms with van der Waals surface area (Å²) >= 11 is 1.87. The Morgan fingerprint density at radius 1 is 1.24 bits per heavy atom. The number of aliphatic imine (C=N–C) groups is 1. The molecule has 3 nitrogen and oxygen atoms in total. The van der Waals surface area contributed by atoms with Gasteiger partial charge in [0.2, 0.25) is 0 Å². The van der Waals surface area contributed by atoms with Crippen molar-refractivity contribution in [3.05, 3.63) is 21.9 Å². The quantitative estimate of drug-likeness (QED) is 0.465. The third-order valence-corrected chi connectivity index (χ3v) is 3.77. The molecule has 0 aliphatic heterocycles. The van der Waals surface area contributed by atoms with Gasteiger partial charge in [0, 0.05) is 23.3 Å². The summed E-state index contributed by atoms with van der Waals surface area (Å²) in [6.07, 6.45) is 3.50. The fourth-order valence-electron chi connectivity index (χ4n) is 1.48. The lowest BCUT2D eigenvalue weighted by molar-refractivity contribution is 0.730. The maximum atomic E-state index is 4.20. The first-order valence-corrected chi connectivity index (χ1v) is 7.13. The molecule has 1 rings (SSSR count). The summed E-state index contributed by atoms with van der Waals surface area (Å²) in [5.41, 5.74) is 0. The monoisotopic (exact) mass is 253 g/mol. The average molecular weight is 253 g/mol. The van der Waals surface area contributed by atoms with Crippen LogP contribution in [-0.4, -0.2) is 19.6 Å². The van der Waals surface area contributed by atoms with Gasteiger partial charge >= 0.3 is 0 Å². The molecule has 17 heavy (non-hydrogen) atoms. The molecule has 0 fully saturated rings. The van der Waals surface area contributed by atoms with E-state index in [0.29, 0.717) is 0 Å². The fourth-order valence-corrected chi connectivity index (χ4v) is 2.38. The maximum absolute atomic E-state index is 4.20. The molecular weight excluding hydrogens is 230 g/mol. The minimum atomic E-state index is 0.858. The van der Waals surface area contributed by atoms with Crippen molar-refractivity contribution >= 4 is 17.3 Å². The zero-order chi connectivity index (χ0) is 12.5. The Labute approximate surface area is 108 Å². The van der Waals surface area contributed by atoms with E-state index >= 15 is 0 Å². The zero-order valence-electron chi connectivity index (χ0n) is 11.0. The van der Waals surface area contributed by atoms with Gasteiger partial charge in [-0.05, 0) is 25.0 Å². The lowest BCUT2D eigenvalue weighted by Crippen LogP contribution is -2.37. The first-order chi connectivity index (χ1) is 8.30. The second kappa shape index (κ2) is 8.12. The summed E-state index contributed by atoms with van der Waals surface area (Å²) < 4.78 is 0. The number of hydrogen-bond donors (Lipinski definition) is 2. The molecule has 0 spiro atoms. The van der Waals surface area contributed by atoms with Crippen LogP contribution in [0.1, 0.15) is 36.4 Å². The smallest absolute Gasteiger partial charge is 0.191 e. The van der Waals surface area contributed by atoms with Crippen LogP contribution in [0.25, 0.3) is 0 Å². The molecule has 0 bridgehead atoms. The van der Waals surface area contributed by atoms with Gasteiger partial charge in [0.15, 0.2) is 5.96 Å². The number of unbranched alkanes of at least 4 members (excludes halogenated alkanes) is 1. The summed E-state index contributed by atoms with van der Waals surface area (Å²) in [6.45, 7) is 6.22. The SMILES string of the molecule is CCCCNC(=NC)NCc1ccc(CC)s1. The van der Waals surface area contributed by atoms with Crippen LogP contribution < -0.4 is 10.6 Å².